The van der Waals surface area contributed by atoms with Gasteiger partial charge in [-0.1, -0.05) is 44.2 Å². The summed E-state index contributed by atoms with van der Waals surface area (Å²) in [5.74, 6) is 1.21. The van der Waals surface area contributed by atoms with Crippen LogP contribution in [0.1, 0.15) is 88.2 Å². The topological polar surface area (TPSA) is 96.5 Å². The van der Waals surface area contributed by atoms with Gasteiger partial charge < -0.3 is 15.4 Å². The van der Waals surface area contributed by atoms with Crippen molar-refractivity contribution in [2.24, 2.45) is 0 Å². The van der Waals surface area contributed by atoms with Crippen molar-refractivity contribution in [2.75, 3.05) is 13.1 Å². The minimum Gasteiger partial charge on any atom is -0.489 e. The van der Waals surface area contributed by atoms with E-state index in [2.05, 4.69) is 40.2 Å². The van der Waals surface area contributed by atoms with Gasteiger partial charge in [-0.05, 0) is 68.0 Å². The molecule has 3 aliphatic rings. The van der Waals surface area contributed by atoms with E-state index in [1.165, 1.54) is 18.4 Å². The SMILES string of the molecule is CC.O=C1CCCCC(=O)N1.O=C1NCc2c(OCc3ccc(C4CCNCC4)cc3)cccc21.[HH].[HH]. The predicted octanol–water partition coefficient (Wildman–Crippen LogP) is 4.70. The maximum atomic E-state index is 11.7. The number of nitrogens with one attached hydrogen (secondary N) is 3. The molecule has 35 heavy (non-hydrogen) atoms. The zero-order valence-electron chi connectivity index (χ0n) is 20.8. The molecule has 7 nitrogen and oxygen atoms in total. The molecule has 0 unspecified atom stereocenters. The Morgan fingerprint density at radius 2 is 1.57 bits per heavy atom. The number of hydrogen-bond acceptors (Lipinski definition) is 5. The van der Waals surface area contributed by atoms with Gasteiger partial charge in [0.2, 0.25) is 11.8 Å². The van der Waals surface area contributed by atoms with E-state index in [1.807, 2.05) is 32.0 Å². The first-order valence-corrected chi connectivity index (χ1v) is 12.8. The summed E-state index contributed by atoms with van der Waals surface area (Å²) in [5, 5.41) is 8.52. The highest BCUT2D eigenvalue weighted by molar-refractivity contribution is 5.99. The lowest BCUT2D eigenvalue weighted by molar-refractivity contribution is -0.129. The molecule has 3 heterocycles. The summed E-state index contributed by atoms with van der Waals surface area (Å²) >= 11 is 0. The average molecular weight is 484 g/mol. The normalized spacial score (nSPS) is 17.5. The first-order chi connectivity index (χ1) is 17.1. The summed E-state index contributed by atoms with van der Waals surface area (Å²) in [7, 11) is 0. The minimum absolute atomic E-state index is 0. The molecule has 7 heteroatoms. The number of piperidine rings is 1. The number of carbonyl (C=O) groups is 3. The Morgan fingerprint density at radius 3 is 2.23 bits per heavy atom. The zero-order chi connectivity index (χ0) is 25.0. The van der Waals surface area contributed by atoms with Crippen LogP contribution >= 0.6 is 0 Å². The second kappa shape index (κ2) is 13.6. The van der Waals surface area contributed by atoms with E-state index in [4.69, 9.17) is 4.74 Å². The van der Waals surface area contributed by atoms with Crippen LogP contribution in [-0.2, 0) is 22.7 Å². The second-order valence-corrected chi connectivity index (χ2v) is 8.70. The summed E-state index contributed by atoms with van der Waals surface area (Å²) in [6.45, 7) is 7.30. The van der Waals surface area contributed by atoms with E-state index in [0.717, 1.165) is 48.4 Å². The van der Waals surface area contributed by atoms with E-state index in [1.54, 1.807) is 0 Å². The van der Waals surface area contributed by atoms with Crippen LogP contribution < -0.4 is 20.7 Å². The number of ether oxygens (including phenoxy) is 1. The molecule has 0 bridgehead atoms. The molecule has 0 spiro atoms. The lowest BCUT2D eigenvalue weighted by atomic mass is 9.90. The molecular formula is C28H41N3O4. The van der Waals surface area contributed by atoms with Gasteiger partial charge in [0, 0.05) is 33.4 Å². The van der Waals surface area contributed by atoms with Gasteiger partial charge >= 0.3 is 0 Å². The molecule has 0 saturated carbocycles. The summed E-state index contributed by atoms with van der Waals surface area (Å²) in [6, 6.07) is 14.4. The number of benzene rings is 2. The van der Waals surface area contributed by atoms with Crippen molar-refractivity contribution in [1.82, 2.24) is 16.0 Å². The van der Waals surface area contributed by atoms with Crippen LogP contribution in [0.2, 0.25) is 0 Å². The predicted molar refractivity (Wildman–Crippen MR) is 140 cm³/mol. The zero-order valence-corrected chi connectivity index (χ0v) is 20.8. The summed E-state index contributed by atoms with van der Waals surface area (Å²) in [4.78, 5) is 32.8. The van der Waals surface area contributed by atoms with Crippen LogP contribution in [0.4, 0.5) is 0 Å². The van der Waals surface area contributed by atoms with Gasteiger partial charge in [0.1, 0.15) is 12.4 Å². The number of carbonyl (C=O) groups excluding carboxylic acids is 3. The fraction of sp³-hybridized carbons (Fsp3) is 0.464. The average Bonchev–Trinajstić information content (AvgIpc) is 3.18. The third kappa shape index (κ3) is 7.65. The van der Waals surface area contributed by atoms with Crippen molar-refractivity contribution in [3.8, 4) is 5.75 Å². The van der Waals surface area contributed by atoms with Gasteiger partial charge in [0.05, 0.1) is 0 Å². The van der Waals surface area contributed by atoms with Crippen LogP contribution in [0.3, 0.4) is 0 Å². The molecule has 0 radical (unpaired) electrons. The molecular weight excluding hydrogens is 442 g/mol. The maximum Gasteiger partial charge on any atom is 0.252 e. The Bertz CT molecular complexity index is 993. The molecule has 5 rings (SSSR count). The monoisotopic (exact) mass is 483 g/mol. The molecule has 0 aliphatic carbocycles. The standard InChI is InChI=1S/C20H22N2O2.C6H9NO2.C2H6.2H2/c23-20-17-2-1-3-19(18(17)12-22-20)24-13-14-4-6-15(7-5-14)16-8-10-21-11-9-16;8-5-3-1-2-4-6(9)7-5;1-2;;/h1-7,16,21H,8-13H2,(H,22,23);1-4H2,(H,7,8,9);1-2H3;2*1H. The number of hydrogen-bond donors (Lipinski definition) is 3. The minimum atomic E-state index is -0.127. The quantitative estimate of drug-likeness (QED) is 0.548. The fourth-order valence-corrected chi connectivity index (χ4v) is 4.41. The van der Waals surface area contributed by atoms with Gasteiger partial charge in [-0.15, -0.1) is 0 Å². The molecule has 2 fully saturated rings. The highest BCUT2D eigenvalue weighted by Gasteiger charge is 2.22. The molecule has 3 N–H and O–H groups in total. The Kier molecular flexibility index (Phi) is 10.3. The van der Waals surface area contributed by atoms with Gasteiger partial charge in [-0.25, -0.2) is 0 Å². The third-order valence-corrected chi connectivity index (χ3v) is 6.32. The van der Waals surface area contributed by atoms with Crippen molar-refractivity contribution >= 4 is 17.7 Å². The lowest BCUT2D eigenvalue weighted by Crippen LogP contribution is -2.27. The Hall–Kier alpha value is -3.19. The van der Waals surface area contributed by atoms with Crippen molar-refractivity contribution in [3.05, 3.63) is 64.7 Å². The Morgan fingerprint density at radius 1 is 0.914 bits per heavy atom. The summed E-state index contributed by atoms with van der Waals surface area (Å²) < 4.78 is 5.97. The van der Waals surface area contributed by atoms with Crippen LogP contribution in [0.25, 0.3) is 0 Å². The first-order valence-electron chi connectivity index (χ1n) is 12.8. The van der Waals surface area contributed by atoms with Crippen molar-refractivity contribution in [2.45, 2.75) is 71.4 Å². The van der Waals surface area contributed by atoms with Gasteiger partial charge in [0.15, 0.2) is 0 Å². The molecule has 2 saturated heterocycles. The van der Waals surface area contributed by atoms with Gasteiger partial charge in [-0.2, -0.15) is 0 Å². The summed E-state index contributed by atoms with van der Waals surface area (Å²) in [5.41, 5.74) is 4.28. The van der Waals surface area contributed by atoms with E-state index in [9.17, 15) is 14.4 Å². The van der Waals surface area contributed by atoms with Crippen LogP contribution in [0, 0.1) is 0 Å². The number of amides is 3. The van der Waals surface area contributed by atoms with Crippen molar-refractivity contribution in [3.63, 3.8) is 0 Å². The highest BCUT2D eigenvalue weighted by atomic mass is 16.5. The first kappa shape index (κ1) is 26.4. The van der Waals surface area contributed by atoms with Gasteiger partial charge in [0.25, 0.3) is 5.91 Å². The highest BCUT2D eigenvalue weighted by Crippen LogP contribution is 2.28. The molecule has 0 aromatic heterocycles. The largest absolute Gasteiger partial charge is 0.489 e. The Labute approximate surface area is 211 Å². The van der Waals surface area contributed by atoms with E-state index >= 15 is 0 Å². The van der Waals surface area contributed by atoms with E-state index in [0.29, 0.717) is 31.9 Å². The number of fused-ring (bicyclic) bond motifs is 1. The Balaban J connectivity index is 0.000000449. The van der Waals surface area contributed by atoms with Crippen LogP contribution in [-0.4, -0.2) is 30.8 Å². The third-order valence-electron chi connectivity index (χ3n) is 6.32. The van der Waals surface area contributed by atoms with Crippen molar-refractivity contribution < 1.29 is 22.0 Å². The molecule has 3 amide bonds. The van der Waals surface area contributed by atoms with E-state index < -0.39 is 0 Å². The molecule has 2 aromatic carbocycles. The number of imide groups is 1. The summed E-state index contributed by atoms with van der Waals surface area (Å²) in [6.07, 6.45) is 5.13. The molecule has 0 atom stereocenters. The molecule has 192 valence electrons. The van der Waals surface area contributed by atoms with Crippen LogP contribution in [0.15, 0.2) is 42.5 Å². The van der Waals surface area contributed by atoms with Crippen molar-refractivity contribution in [1.29, 1.82) is 0 Å². The molecule has 3 aliphatic heterocycles. The van der Waals surface area contributed by atoms with Crippen LogP contribution in [0.5, 0.6) is 5.75 Å². The second-order valence-electron chi connectivity index (χ2n) is 8.70. The van der Waals surface area contributed by atoms with Gasteiger partial charge in [-0.3, -0.25) is 19.7 Å². The lowest BCUT2D eigenvalue weighted by Gasteiger charge is -2.23. The fourth-order valence-electron chi connectivity index (χ4n) is 4.41. The maximum absolute atomic E-state index is 11.7. The molecule has 2 aromatic rings. The smallest absolute Gasteiger partial charge is 0.252 e. The number of rotatable bonds is 4. The van der Waals surface area contributed by atoms with E-state index in [-0.39, 0.29) is 20.6 Å².